The summed E-state index contributed by atoms with van der Waals surface area (Å²) in [4.78, 5) is 9.15. The van der Waals surface area contributed by atoms with Gasteiger partial charge in [-0.15, -0.1) is 0 Å². The minimum atomic E-state index is -0.841. The van der Waals surface area contributed by atoms with E-state index in [1.54, 1.807) is 10.8 Å². The maximum Gasteiger partial charge on any atom is 0.155 e. The summed E-state index contributed by atoms with van der Waals surface area (Å²) in [5.41, 5.74) is 2.26. The number of likely N-dealkylation sites (tertiary alicyclic amines) is 1. The van der Waals surface area contributed by atoms with E-state index in [9.17, 15) is 5.11 Å². The Kier molecular flexibility index (Phi) is 5.05. The van der Waals surface area contributed by atoms with Crippen molar-refractivity contribution in [3.63, 3.8) is 0 Å². The predicted octanol–water partition coefficient (Wildman–Crippen LogP) is 1.52. The van der Waals surface area contributed by atoms with Gasteiger partial charge in [-0.3, -0.25) is 9.80 Å². The van der Waals surface area contributed by atoms with Gasteiger partial charge in [0.05, 0.1) is 19.3 Å². The first-order valence-corrected chi connectivity index (χ1v) is 10.3. The van der Waals surface area contributed by atoms with E-state index in [2.05, 4.69) is 44.1 Å². The molecule has 2 aromatic heterocycles. The molecule has 0 aliphatic carbocycles. The first-order valence-electron chi connectivity index (χ1n) is 10.3. The normalized spacial score (nSPS) is 26.7. The molecule has 1 N–H and O–H groups in total. The molecule has 2 aliphatic heterocycles. The van der Waals surface area contributed by atoms with Gasteiger partial charge >= 0.3 is 0 Å². The molecule has 29 heavy (non-hydrogen) atoms. The first-order chi connectivity index (χ1) is 14.2. The lowest BCUT2D eigenvalue weighted by atomic mass is 9.79. The molecular formula is C22H27N5O2. The molecule has 4 heterocycles. The van der Waals surface area contributed by atoms with E-state index in [1.807, 2.05) is 24.4 Å². The van der Waals surface area contributed by atoms with Crippen LogP contribution in [0.5, 0.6) is 0 Å². The summed E-state index contributed by atoms with van der Waals surface area (Å²) in [5, 5.41) is 16.0. The Morgan fingerprint density at radius 2 is 1.93 bits per heavy atom. The van der Waals surface area contributed by atoms with Crippen LogP contribution in [-0.4, -0.2) is 74.9 Å². The Hall–Kier alpha value is -2.32. The molecule has 2 saturated heterocycles. The fraction of sp³-hybridized carbons (Fsp3) is 0.455. The number of rotatable bonds is 4. The smallest absolute Gasteiger partial charge is 0.155 e. The molecule has 7 heteroatoms. The zero-order valence-electron chi connectivity index (χ0n) is 16.5. The van der Waals surface area contributed by atoms with Gasteiger partial charge in [-0.2, -0.15) is 5.10 Å². The molecule has 3 aromatic rings. The summed E-state index contributed by atoms with van der Waals surface area (Å²) in [7, 11) is 0. The quantitative estimate of drug-likeness (QED) is 0.725. The SMILES string of the molecule is O[C@]1(c2ccccc2)CCN(Cc2ccn3ncnc3c2)C[C@H]1N1CCOCC1. The van der Waals surface area contributed by atoms with Gasteiger partial charge in [-0.1, -0.05) is 30.3 Å². The summed E-state index contributed by atoms with van der Waals surface area (Å²) < 4.78 is 7.35. The molecule has 152 valence electrons. The molecular weight excluding hydrogens is 366 g/mol. The summed E-state index contributed by atoms with van der Waals surface area (Å²) in [5.74, 6) is 0. The molecule has 2 atom stereocenters. The highest BCUT2D eigenvalue weighted by Crippen LogP contribution is 2.36. The highest BCUT2D eigenvalue weighted by atomic mass is 16.5. The molecule has 2 aliphatic rings. The molecule has 7 nitrogen and oxygen atoms in total. The second-order valence-corrected chi connectivity index (χ2v) is 8.04. The van der Waals surface area contributed by atoms with E-state index in [4.69, 9.17) is 4.74 Å². The number of aromatic nitrogens is 3. The van der Waals surface area contributed by atoms with Crippen LogP contribution in [0.2, 0.25) is 0 Å². The van der Waals surface area contributed by atoms with Crippen molar-refractivity contribution in [3.8, 4) is 0 Å². The zero-order valence-corrected chi connectivity index (χ0v) is 16.5. The number of morpholine rings is 1. The van der Waals surface area contributed by atoms with Gasteiger partial charge in [0.1, 0.15) is 11.9 Å². The van der Waals surface area contributed by atoms with Crippen molar-refractivity contribution in [1.82, 2.24) is 24.4 Å². The second-order valence-electron chi connectivity index (χ2n) is 8.04. The van der Waals surface area contributed by atoms with Crippen LogP contribution in [0, 0.1) is 0 Å². The second kappa shape index (κ2) is 7.84. The van der Waals surface area contributed by atoms with Gasteiger partial charge in [0.15, 0.2) is 5.65 Å². The first kappa shape index (κ1) is 18.7. The Balaban J connectivity index is 1.39. The lowest BCUT2D eigenvalue weighted by Gasteiger charge is -2.50. The molecule has 0 bridgehead atoms. The topological polar surface area (TPSA) is 66.1 Å². The van der Waals surface area contributed by atoms with E-state index >= 15 is 0 Å². The van der Waals surface area contributed by atoms with Gasteiger partial charge in [-0.25, -0.2) is 9.50 Å². The minimum Gasteiger partial charge on any atom is -0.383 e. The third-order valence-corrected chi connectivity index (χ3v) is 6.30. The van der Waals surface area contributed by atoms with Crippen LogP contribution in [-0.2, 0) is 16.9 Å². The van der Waals surface area contributed by atoms with Crippen LogP contribution in [0.3, 0.4) is 0 Å². The molecule has 0 spiro atoms. The van der Waals surface area contributed by atoms with Crippen molar-refractivity contribution >= 4 is 5.65 Å². The predicted molar refractivity (Wildman–Crippen MR) is 109 cm³/mol. The summed E-state index contributed by atoms with van der Waals surface area (Å²) in [6.45, 7) is 5.69. The van der Waals surface area contributed by atoms with Crippen molar-refractivity contribution in [2.45, 2.75) is 24.6 Å². The number of benzene rings is 1. The molecule has 0 unspecified atom stereocenters. The number of ether oxygens (including phenoxy) is 1. The number of pyridine rings is 1. The monoisotopic (exact) mass is 393 g/mol. The molecule has 2 fully saturated rings. The van der Waals surface area contributed by atoms with Crippen molar-refractivity contribution in [2.75, 3.05) is 39.4 Å². The number of fused-ring (bicyclic) bond motifs is 1. The zero-order chi connectivity index (χ0) is 19.7. The van der Waals surface area contributed by atoms with Gasteiger partial charge in [-0.05, 0) is 29.7 Å². The average molecular weight is 393 g/mol. The van der Waals surface area contributed by atoms with Gasteiger partial charge in [0.25, 0.3) is 0 Å². The number of nitrogens with zero attached hydrogens (tertiary/aromatic N) is 5. The Morgan fingerprint density at radius 3 is 2.76 bits per heavy atom. The summed E-state index contributed by atoms with van der Waals surface area (Å²) in [6, 6.07) is 14.4. The number of piperidine rings is 1. The van der Waals surface area contributed by atoms with Gasteiger partial charge in [0.2, 0.25) is 0 Å². The highest BCUT2D eigenvalue weighted by molar-refractivity contribution is 5.39. The third kappa shape index (κ3) is 3.67. The lowest BCUT2D eigenvalue weighted by molar-refractivity contribution is -0.119. The lowest BCUT2D eigenvalue weighted by Crippen LogP contribution is -2.62. The van der Waals surface area contributed by atoms with E-state index in [-0.39, 0.29) is 6.04 Å². The molecule has 0 radical (unpaired) electrons. The molecule has 0 saturated carbocycles. The average Bonchev–Trinajstić information content (AvgIpc) is 3.24. The summed E-state index contributed by atoms with van der Waals surface area (Å²) >= 11 is 0. The molecule has 0 amide bonds. The van der Waals surface area contributed by atoms with Crippen molar-refractivity contribution < 1.29 is 9.84 Å². The van der Waals surface area contributed by atoms with Crippen LogP contribution in [0.15, 0.2) is 55.0 Å². The van der Waals surface area contributed by atoms with E-state index < -0.39 is 5.60 Å². The Bertz CT molecular complexity index is 956. The third-order valence-electron chi connectivity index (χ3n) is 6.30. The van der Waals surface area contributed by atoms with E-state index in [0.717, 1.165) is 57.1 Å². The van der Waals surface area contributed by atoms with Gasteiger partial charge in [0, 0.05) is 38.9 Å². The number of aliphatic hydroxyl groups is 1. The van der Waals surface area contributed by atoms with Crippen LogP contribution in [0.1, 0.15) is 17.5 Å². The van der Waals surface area contributed by atoms with Crippen molar-refractivity contribution in [3.05, 3.63) is 66.1 Å². The molecule has 1 aromatic carbocycles. The Morgan fingerprint density at radius 1 is 1.10 bits per heavy atom. The standard InChI is InChI=1S/C22H27N5O2/c28-22(19-4-2-1-3-5-19)7-9-25(16-20(22)26-10-12-29-13-11-26)15-18-6-8-27-21(14-18)23-17-24-27/h1-6,8,14,17,20,28H,7,9-13,15-16H2/t20-,22+/m1/s1. The largest absolute Gasteiger partial charge is 0.383 e. The highest BCUT2D eigenvalue weighted by Gasteiger charge is 2.45. The van der Waals surface area contributed by atoms with Crippen LogP contribution in [0.25, 0.3) is 5.65 Å². The van der Waals surface area contributed by atoms with E-state index in [1.165, 1.54) is 5.56 Å². The molecule has 5 rings (SSSR count). The van der Waals surface area contributed by atoms with Crippen molar-refractivity contribution in [1.29, 1.82) is 0 Å². The Labute approximate surface area is 170 Å². The maximum absolute atomic E-state index is 11.8. The summed E-state index contributed by atoms with van der Waals surface area (Å²) in [6.07, 6.45) is 4.25. The maximum atomic E-state index is 11.8. The van der Waals surface area contributed by atoms with Gasteiger partial charge < -0.3 is 9.84 Å². The van der Waals surface area contributed by atoms with Crippen LogP contribution < -0.4 is 0 Å². The number of hydrogen-bond donors (Lipinski definition) is 1. The van der Waals surface area contributed by atoms with Crippen molar-refractivity contribution in [2.24, 2.45) is 0 Å². The fourth-order valence-electron chi connectivity index (χ4n) is 4.71. The minimum absolute atomic E-state index is 0.0411. The fourth-order valence-corrected chi connectivity index (χ4v) is 4.71. The number of hydrogen-bond acceptors (Lipinski definition) is 6. The van der Waals surface area contributed by atoms with Crippen LogP contribution in [0.4, 0.5) is 0 Å². The van der Waals surface area contributed by atoms with E-state index in [0.29, 0.717) is 6.42 Å². The van der Waals surface area contributed by atoms with Crippen LogP contribution >= 0.6 is 0 Å².